The Labute approximate surface area is 321 Å². The monoisotopic (exact) mass is 767 g/mol. The van der Waals surface area contributed by atoms with E-state index in [-0.39, 0.29) is 24.9 Å². The SMILES string of the molecule is COc1ccc(C(OC[C@H]2O[C@@H](n3cc(C)c(=O)[nH]c3=O)C[C@@H]2OP(OC(CC#N)C(C)(C)C)n2ccnc2)(c2ccccc2)c2ccc(OC)cc2)cc1. The number of nitriles is 1. The Kier molecular flexibility index (Phi) is 12.3. The zero-order valence-corrected chi connectivity index (χ0v) is 32.6. The van der Waals surface area contributed by atoms with E-state index in [4.69, 9.17) is 28.0 Å². The van der Waals surface area contributed by atoms with E-state index in [9.17, 15) is 14.9 Å². The number of aryl methyl sites for hydroxylation is 1. The highest BCUT2D eigenvalue weighted by Gasteiger charge is 2.45. The van der Waals surface area contributed by atoms with Gasteiger partial charge < -0.3 is 28.0 Å². The molecule has 0 spiro atoms. The van der Waals surface area contributed by atoms with E-state index in [1.54, 1.807) is 44.2 Å². The number of aromatic amines is 1. The minimum atomic E-state index is -1.87. The summed E-state index contributed by atoms with van der Waals surface area (Å²) in [6.45, 7) is 7.65. The van der Waals surface area contributed by atoms with Crippen molar-refractivity contribution in [2.24, 2.45) is 5.41 Å². The van der Waals surface area contributed by atoms with Crippen LogP contribution in [0.15, 0.2) is 113 Å². The summed E-state index contributed by atoms with van der Waals surface area (Å²) >= 11 is 0. The number of imidazole rings is 1. The van der Waals surface area contributed by atoms with Crippen LogP contribution >= 0.6 is 8.53 Å². The van der Waals surface area contributed by atoms with Crippen molar-refractivity contribution in [2.75, 3.05) is 20.8 Å². The van der Waals surface area contributed by atoms with E-state index >= 15 is 0 Å². The van der Waals surface area contributed by atoms with Crippen LogP contribution in [0.3, 0.4) is 0 Å². The second kappa shape index (κ2) is 17.1. The van der Waals surface area contributed by atoms with Gasteiger partial charge in [-0.1, -0.05) is 75.4 Å². The third-order valence-corrected chi connectivity index (χ3v) is 11.1. The normalized spacial score (nSPS) is 18.4. The van der Waals surface area contributed by atoms with Crippen molar-refractivity contribution in [3.63, 3.8) is 0 Å². The van der Waals surface area contributed by atoms with Crippen LogP contribution in [-0.4, -0.2) is 58.0 Å². The van der Waals surface area contributed by atoms with E-state index in [2.05, 4.69) is 16.0 Å². The van der Waals surface area contributed by atoms with Gasteiger partial charge in [-0.2, -0.15) is 5.26 Å². The van der Waals surface area contributed by atoms with Crippen molar-refractivity contribution in [1.29, 1.82) is 5.26 Å². The van der Waals surface area contributed by atoms with Gasteiger partial charge in [0.2, 0.25) is 0 Å². The molecule has 0 radical (unpaired) electrons. The zero-order valence-electron chi connectivity index (χ0n) is 31.7. The molecule has 1 aliphatic heterocycles. The maximum absolute atomic E-state index is 13.2. The summed E-state index contributed by atoms with van der Waals surface area (Å²) in [6, 6.07) is 27.6. The van der Waals surface area contributed by atoms with Gasteiger partial charge in [-0.05, 0) is 53.3 Å². The number of methoxy groups -OCH3 is 2. The number of ether oxygens (including phenoxy) is 4. The minimum Gasteiger partial charge on any atom is -0.497 e. The summed E-state index contributed by atoms with van der Waals surface area (Å²) < 4.78 is 41.5. The highest BCUT2D eigenvalue weighted by molar-refractivity contribution is 7.45. The summed E-state index contributed by atoms with van der Waals surface area (Å²) in [5.74, 6) is 1.38. The number of hydrogen-bond acceptors (Lipinski definition) is 10. The van der Waals surface area contributed by atoms with E-state index < -0.39 is 49.9 Å². The first kappa shape index (κ1) is 39.6. The summed E-state index contributed by atoms with van der Waals surface area (Å²) in [4.78, 5) is 32.1. The van der Waals surface area contributed by atoms with E-state index in [0.717, 1.165) is 16.7 Å². The van der Waals surface area contributed by atoms with Crippen LogP contribution in [0.4, 0.5) is 0 Å². The van der Waals surface area contributed by atoms with Gasteiger partial charge in [0.15, 0.2) is 0 Å². The molecular weight excluding hydrogens is 721 g/mol. The summed E-state index contributed by atoms with van der Waals surface area (Å²) in [6.07, 6.45) is 4.14. The molecule has 0 amide bonds. The predicted octanol–water partition coefficient (Wildman–Crippen LogP) is 6.86. The summed E-state index contributed by atoms with van der Waals surface area (Å²) in [5.41, 5.74) is 0.258. The van der Waals surface area contributed by atoms with Crippen LogP contribution in [0.2, 0.25) is 0 Å². The molecule has 1 aliphatic rings. The largest absolute Gasteiger partial charge is 0.497 e. The molecule has 55 heavy (non-hydrogen) atoms. The lowest BCUT2D eigenvalue weighted by Gasteiger charge is -2.37. The highest BCUT2D eigenvalue weighted by atomic mass is 31.2. The van der Waals surface area contributed by atoms with Gasteiger partial charge in [-0.3, -0.25) is 18.7 Å². The maximum Gasteiger partial charge on any atom is 0.330 e. The molecule has 0 saturated carbocycles. The molecule has 1 saturated heterocycles. The molecule has 0 bridgehead atoms. The molecule has 2 aromatic heterocycles. The van der Waals surface area contributed by atoms with Gasteiger partial charge >= 0.3 is 5.69 Å². The lowest BCUT2D eigenvalue weighted by molar-refractivity contribution is -0.0924. The molecule has 1 N–H and O–H groups in total. The number of nitrogens with one attached hydrogen (secondary N) is 1. The molecule has 1 fully saturated rings. The fraction of sp³-hybridized carbons (Fsp3) is 0.366. The molecular formula is C41H46N5O8P. The molecule has 5 atom stereocenters. The highest BCUT2D eigenvalue weighted by Crippen LogP contribution is 2.50. The van der Waals surface area contributed by atoms with Gasteiger partial charge in [0.25, 0.3) is 14.1 Å². The second-order valence-corrected chi connectivity index (χ2v) is 15.7. The Bertz CT molecular complexity index is 2110. The molecule has 0 aliphatic carbocycles. The van der Waals surface area contributed by atoms with E-state index in [1.165, 1.54) is 10.8 Å². The molecule has 3 aromatic carbocycles. The Morgan fingerprint density at radius 1 is 0.964 bits per heavy atom. The third-order valence-electron chi connectivity index (χ3n) is 9.64. The van der Waals surface area contributed by atoms with Crippen LogP contribution in [0.25, 0.3) is 0 Å². The zero-order chi connectivity index (χ0) is 39.2. The quantitative estimate of drug-likeness (QED) is 0.0884. The van der Waals surface area contributed by atoms with Gasteiger partial charge in [0.1, 0.15) is 35.8 Å². The Morgan fingerprint density at radius 3 is 2.13 bits per heavy atom. The first-order valence-corrected chi connectivity index (χ1v) is 19.0. The van der Waals surface area contributed by atoms with Gasteiger partial charge in [0.05, 0.1) is 45.5 Å². The van der Waals surface area contributed by atoms with E-state index in [0.29, 0.717) is 17.1 Å². The number of aromatic nitrogens is 4. The molecule has 6 rings (SSSR count). The van der Waals surface area contributed by atoms with Crippen LogP contribution in [0, 0.1) is 23.7 Å². The smallest absolute Gasteiger partial charge is 0.330 e. The number of benzene rings is 3. The van der Waals surface area contributed by atoms with Crippen LogP contribution in [0.5, 0.6) is 11.5 Å². The Balaban J connectivity index is 1.43. The van der Waals surface area contributed by atoms with E-state index in [1.807, 2.05) is 99.6 Å². The van der Waals surface area contributed by atoms with Gasteiger partial charge in [-0.25, -0.2) is 9.78 Å². The van der Waals surface area contributed by atoms with Gasteiger partial charge in [-0.15, -0.1) is 0 Å². The van der Waals surface area contributed by atoms with Crippen molar-refractivity contribution < 1.29 is 28.0 Å². The summed E-state index contributed by atoms with van der Waals surface area (Å²) in [5, 5.41) is 9.69. The number of rotatable bonds is 15. The van der Waals surface area contributed by atoms with Crippen LogP contribution in [-0.2, 0) is 24.1 Å². The van der Waals surface area contributed by atoms with Crippen LogP contribution in [0.1, 0.15) is 62.1 Å². The molecule has 2 unspecified atom stereocenters. The Hall–Kier alpha value is -5.09. The van der Waals surface area contributed by atoms with Crippen molar-refractivity contribution in [1.82, 2.24) is 18.9 Å². The number of hydrogen-bond donors (Lipinski definition) is 1. The third kappa shape index (κ3) is 8.75. The average molecular weight is 768 g/mol. The first-order chi connectivity index (χ1) is 26.5. The van der Waals surface area contributed by atoms with Gasteiger partial charge in [0, 0.05) is 30.6 Å². The Morgan fingerprint density at radius 2 is 1.58 bits per heavy atom. The fourth-order valence-electron chi connectivity index (χ4n) is 6.51. The fourth-order valence-corrected chi connectivity index (χ4v) is 8.15. The van der Waals surface area contributed by atoms with Crippen molar-refractivity contribution in [3.05, 3.63) is 147 Å². The molecule has 3 heterocycles. The second-order valence-electron chi connectivity index (χ2n) is 14.3. The van der Waals surface area contributed by atoms with Crippen molar-refractivity contribution in [3.8, 4) is 17.6 Å². The predicted molar refractivity (Wildman–Crippen MR) is 207 cm³/mol. The van der Waals surface area contributed by atoms with Crippen molar-refractivity contribution >= 4 is 8.53 Å². The molecule has 14 heteroatoms. The lowest BCUT2D eigenvalue weighted by atomic mass is 9.80. The van der Waals surface area contributed by atoms with Crippen LogP contribution < -0.4 is 20.7 Å². The first-order valence-electron chi connectivity index (χ1n) is 17.9. The molecule has 288 valence electrons. The van der Waals surface area contributed by atoms with Crippen molar-refractivity contribution in [2.45, 2.75) is 70.7 Å². The minimum absolute atomic E-state index is 0.000791. The molecule has 13 nitrogen and oxygen atoms in total. The average Bonchev–Trinajstić information content (AvgIpc) is 3.87. The molecule has 5 aromatic rings. The standard InChI is InChI=1S/C41H46N5O8P/c1-28-25-46(39(48)44-38(28)47)37-24-34(53-55(45-23-22-43-27-45)54-36(20-21-42)40(2,3)4)35(52-37)26-51-41(29-10-8-7-9-11-29,30-12-16-32(49-5)17-13-30)31-14-18-33(50-6)19-15-31/h7-19,22-23,25,27,34-37H,20,24,26H2,1-6H3,(H,44,47,48)/t34-,35+,36?,37+,55?/m0/s1. The summed E-state index contributed by atoms with van der Waals surface area (Å²) in [7, 11) is 1.37. The lowest BCUT2D eigenvalue weighted by Crippen LogP contribution is -2.38. The topological polar surface area (TPSA) is 152 Å². The maximum atomic E-state index is 13.2. The number of nitrogens with zero attached hydrogens (tertiary/aromatic N) is 4. The number of H-pyrrole nitrogens is 1.